The van der Waals surface area contributed by atoms with Gasteiger partial charge in [0.1, 0.15) is 0 Å². The lowest BCUT2D eigenvalue weighted by Gasteiger charge is -2.24. The van der Waals surface area contributed by atoms with E-state index in [1.54, 1.807) is 11.3 Å². The maximum Gasteiger partial charge on any atom is 0.0936 e. The van der Waals surface area contributed by atoms with Gasteiger partial charge in [0.05, 0.1) is 5.01 Å². The van der Waals surface area contributed by atoms with Gasteiger partial charge in [-0.15, -0.1) is 11.3 Å². The third-order valence-corrected chi connectivity index (χ3v) is 4.28. The Morgan fingerprint density at radius 3 is 2.67 bits per heavy atom. The Labute approximate surface area is 86.3 Å². The summed E-state index contributed by atoms with van der Waals surface area (Å²) in [5, 5.41) is 3.24. The van der Waals surface area contributed by atoms with Gasteiger partial charge in [-0.1, -0.05) is 36.7 Å². The molecule has 68 valence electrons. The van der Waals surface area contributed by atoms with E-state index in [2.05, 4.69) is 41.7 Å². The Kier molecular flexibility index (Phi) is 3.29. The van der Waals surface area contributed by atoms with E-state index in [1.165, 1.54) is 5.01 Å². The van der Waals surface area contributed by atoms with Crippen molar-refractivity contribution in [1.82, 2.24) is 4.98 Å². The van der Waals surface area contributed by atoms with Crippen LogP contribution in [0.1, 0.15) is 25.8 Å². The van der Waals surface area contributed by atoms with Gasteiger partial charge in [-0.05, 0) is 5.41 Å². The first kappa shape index (κ1) is 10.2. The molecule has 1 aromatic rings. The maximum atomic E-state index is 4.26. The summed E-state index contributed by atoms with van der Waals surface area (Å²) in [4.78, 5) is 4.77. The van der Waals surface area contributed by atoms with E-state index in [9.17, 15) is 0 Å². The summed E-state index contributed by atoms with van der Waals surface area (Å²) < 4.78 is 0. The van der Waals surface area contributed by atoms with Crippen LogP contribution in [0.4, 0.5) is 0 Å². The van der Waals surface area contributed by atoms with Crippen molar-refractivity contribution in [3.05, 3.63) is 16.6 Å². The number of alkyl halides is 1. The molecule has 0 fully saturated rings. The molecule has 12 heavy (non-hydrogen) atoms. The molecule has 0 aliphatic heterocycles. The van der Waals surface area contributed by atoms with Crippen molar-refractivity contribution >= 4 is 27.3 Å². The van der Waals surface area contributed by atoms with Crippen LogP contribution in [-0.4, -0.2) is 9.81 Å². The second-order valence-electron chi connectivity index (χ2n) is 3.96. The van der Waals surface area contributed by atoms with Crippen molar-refractivity contribution in [2.24, 2.45) is 5.41 Å². The number of thiazole rings is 1. The summed E-state index contributed by atoms with van der Waals surface area (Å²) in [6, 6.07) is 0. The van der Waals surface area contributed by atoms with Crippen LogP contribution >= 0.6 is 27.3 Å². The minimum Gasteiger partial charge on any atom is -0.250 e. The molecule has 0 spiro atoms. The average Bonchev–Trinajstić information content (AvgIpc) is 2.37. The molecule has 0 amide bonds. The van der Waals surface area contributed by atoms with E-state index in [1.807, 2.05) is 11.6 Å². The number of hydrogen-bond donors (Lipinski definition) is 0. The highest BCUT2D eigenvalue weighted by Crippen LogP contribution is 2.29. The maximum absolute atomic E-state index is 4.26. The zero-order chi connectivity index (χ0) is 9.19. The molecule has 0 aliphatic carbocycles. The number of rotatable bonds is 2. The highest BCUT2D eigenvalue weighted by Gasteiger charge is 2.22. The number of aromatic nitrogens is 1. The normalized spacial score (nSPS) is 14.7. The van der Waals surface area contributed by atoms with Gasteiger partial charge in [-0.3, -0.25) is 0 Å². The topological polar surface area (TPSA) is 12.9 Å². The first-order valence-corrected chi connectivity index (χ1v) is 5.82. The molecule has 0 N–H and O–H groups in total. The Morgan fingerprint density at radius 1 is 1.58 bits per heavy atom. The van der Waals surface area contributed by atoms with Gasteiger partial charge in [0.15, 0.2) is 0 Å². The predicted molar refractivity (Wildman–Crippen MR) is 58.0 cm³/mol. The lowest BCUT2D eigenvalue weighted by molar-refractivity contribution is 0.397. The Balaban J connectivity index is 2.53. The second kappa shape index (κ2) is 3.88. The van der Waals surface area contributed by atoms with E-state index < -0.39 is 0 Å². The van der Waals surface area contributed by atoms with E-state index in [4.69, 9.17) is 0 Å². The fourth-order valence-electron chi connectivity index (χ4n) is 0.813. The lowest BCUT2D eigenvalue weighted by Crippen LogP contribution is -2.22. The van der Waals surface area contributed by atoms with Crippen LogP contribution in [0.2, 0.25) is 0 Å². The minimum atomic E-state index is 0.311. The summed E-state index contributed by atoms with van der Waals surface area (Å²) in [7, 11) is 0. The van der Waals surface area contributed by atoms with Gasteiger partial charge in [0, 0.05) is 22.8 Å². The van der Waals surface area contributed by atoms with Gasteiger partial charge in [0.2, 0.25) is 0 Å². The van der Waals surface area contributed by atoms with Crippen LogP contribution in [0, 0.1) is 5.41 Å². The molecule has 1 unspecified atom stereocenters. The molecule has 0 bridgehead atoms. The smallest absolute Gasteiger partial charge is 0.0936 e. The monoisotopic (exact) mass is 247 g/mol. The molecule has 1 heterocycles. The molecular formula is C9H14BrNS. The first-order valence-electron chi connectivity index (χ1n) is 4.02. The molecule has 0 aliphatic rings. The van der Waals surface area contributed by atoms with Crippen LogP contribution in [0.3, 0.4) is 0 Å². The molecule has 1 nitrogen and oxygen atoms in total. The van der Waals surface area contributed by atoms with Crippen LogP contribution < -0.4 is 0 Å². The largest absolute Gasteiger partial charge is 0.250 e. The van der Waals surface area contributed by atoms with Crippen molar-refractivity contribution < 1.29 is 0 Å². The van der Waals surface area contributed by atoms with Gasteiger partial charge in [-0.25, -0.2) is 4.98 Å². The quantitative estimate of drug-likeness (QED) is 0.730. The Morgan fingerprint density at radius 2 is 2.25 bits per heavy atom. The molecule has 1 rings (SSSR count). The predicted octanol–water partition coefficient (Wildman–Crippen LogP) is 3.50. The summed E-state index contributed by atoms with van der Waals surface area (Å²) in [5.41, 5.74) is 0.311. The molecule has 0 aromatic carbocycles. The van der Waals surface area contributed by atoms with E-state index in [0.29, 0.717) is 10.2 Å². The highest BCUT2D eigenvalue weighted by atomic mass is 79.9. The van der Waals surface area contributed by atoms with Crippen molar-refractivity contribution in [3.63, 3.8) is 0 Å². The standard InChI is InChI=1S/C9H14BrNS/c1-9(2,3)7(10)6-8-11-4-5-12-8/h4-5,7H,6H2,1-3H3. The Hall–Kier alpha value is 0.110. The molecule has 3 heteroatoms. The molecule has 0 radical (unpaired) electrons. The highest BCUT2D eigenvalue weighted by molar-refractivity contribution is 9.09. The van der Waals surface area contributed by atoms with E-state index in [-0.39, 0.29) is 0 Å². The van der Waals surface area contributed by atoms with Crippen LogP contribution in [0.5, 0.6) is 0 Å². The average molecular weight is 248 g/mol. The third-order valence-electron chi connectivity index (χ3n) is 1.78. The summed E-state index contributed by atoms with van der Waals surface area (Å²) >= 11 is 5.41. The van der Waals surface area contributed by atoms with E-state index in [0.717, 1.165) is 6.42 Å². The minimum absolute atomic E-state index is 0.311. The molecule has 1 atom stereocenters. The van der Waals surface area contributed by atoms with Crippen LogP contribution in [0.15, 0.2) is 11.6 Å². The lowest BCUT2D eigenvalue weighted by atomic mass is 9.90. The molecular weight excluding hydrogens is 234 g/mol. The van der Waals surface area contributed by atoms with E-state index >= 15 is 0 Å². The van der Waals surface area contributed by atoms with Crippen molar-refractivity contribution in [1.29, 1.82) is 0 Å². The van der Waals surface area contributed by atoms with Crippen LogP contribution in [-0.2, 0) is 6.42 Å². The van der Waals surface area contributed by atoms with Gasteiger partial charge >= 0.3 is 0 Å². The van der Waals surface area contributed by atoms with Gasteiger partial charge in [0.25, 0.3) is 0 Å². The van der Waals surface area contributed by atoms with Crippen molar-refractivity contribution in [2.75, 3.05) is 0 Å². The number of hydrogen-bond acceptors (Lipinski definition) is 2. The number of halogens is 1. The van der Waals surface area contributed by atoms with Crippen molar-refractivity contribution in [3.8, 4) is 0 Å². The summed E-state index contributed by atoms with van der Waals surface area (Å²) in [6.45, 7) is 6.71. The second-order valence-corrected chi connectivity index (χ2v) is 6.05. The Bertz CT molecular complexity index is 225. The van der Waals surface area contributed by atoms with Gasteiger partial charge in [-0.2, -0.15) is 0 Å². The SMILES string of the molecule is CC(C)(C)C(Br)Cc1nccs1. The number of nitrogens with zero attached hydrogens (tertiary/aromatic N) is 1. The fraction of sp³-hybridized carbons (Fsp3) is 0.667. The van der Waals surface area contributed by atoms with Gasteiger partial charge < -0.3 is 0 Å². The van der Waals surface area contributed by atoms with Crippen molar-refractivity contribution in [2.45, 2.75) is 32.0 Å². The summed E-state index contributed by atoms with van der Waals surface area (Å²) in [5.74, 6) is 0. The summed E-state index contributed by atoms with van der Waals surface area (Å²) in [6.07, 6.45) is 2.89. The zero-order valence-corrected chi connectivity index (χ0v) is 10.1. The van der Waals surface area contributed by atoms with Crippen LogP contribution in [0.25, 0.3) is 0 Å². The molecule has 0 saturated carbocycles. The fourth-order valence-corrected chi connectivity index (χ4v) is 2.00. The third kappa shape index (κ3) is 2.87. The molecule has 0 saturated heterocycles. The zero-order valence-electron chi connectivity index (χ0n) is 7.67. The first-order chi connectivity index (χ1) is 5.50. The molecule has 1 aromatic heterocycles.